The lowest BCUT2D eigenvalue weighted by Gasteiger charge is -2.10. The topological polar surface area (TPSA) is 45.0 Å². The van der Waals surface area contributed by atoms with E-state index in [9.17, 15) is 0 Å². The summed E-state index contributed by atoms with van der Waals surface area (Å²) in [6, 6.07) is 13.1. The Labute approximate surface area is 131 Å². The molecule has 2 aromatic rings. The minimum Gasteiger partial charge on any atom is -0.496 e. The van der Waals surface area contributed by atoms with Gasteiger partial charge in [0.2, 0.25) is 0 Å². The summed E-state index contributed by atoms with van der Waals surface area (Å²) >= 11 is 9.56. The second-order valence-corrected chi connectivity index (χ2v) is 5.39. The largest absolute Gasteiger partial charge is 0.496 e. The van der Waals surface area contributed by atoms with Gasteiger partial charge in [0.1, 0.15) is 5.75 Å². The number of ether oxygens (including phenoxy) is 1. The fourth-order valence-corrected chi connectivity index (χ4v) is 2.58. The number of anilines is 1. The summed E-state index contributed by atoms with van der Waals surface area (Å²) in [4.78, 5) is 0. The maximum atomic E-state index is 8.79. The Bertz CT molecular complexity index is 667. The molecule has 2 aromatic carbocycles. The molecule has 0 saturated carbocycles. The van der Waals surface area contributed by atoms with E-state index in [1.165, 1.54) is 0 Å². The lowest BCUT2D eigenvalue weighted by atomic mass is 10.2. The maximum absolute atomic E-state index is 8.79. The van der Waals surface area contributed by atoms with E-state index in [4.69, 9.17) is 21.6 Å². The Balaban J connectivity index is 2.09. The highest BCUT2D eigenvalue weighted by atomic mass is 79.9. The molecule has 0 heterocycles. The van der Waals surface area contributed by atoms with Gasteiger partial charge in [-0.3, -0.25) is 0 Å². The van der Waals surface area contributed by atoms with E-state index in [0.717, 1.165) is 21.5 Å². The monoisotopic (exact) mass is 350 g/mol. The molecular formula is C15H12BrClN2O. The molecule has 0 bridgehead atoms. The summed E-state index contributed by atoms with van der Waals surface area (Å²) in [6.45, 7) is 0.633. The fraction of sp³-hybridized carbons (Fsp3) is 0.133. The molecular weight excluding hydrogens is 340 g/mol. The molecule has 0 aliphatic rings. The average Bonchev–Trinajstić information content (AvgIpc) is 2.46. The van der Waals surface area contributed by atoms with E-state index < -0.39 is 0 Å². The van der Waals surface area contributed by atoms with Crippen LogP contribution in [0, 0.1) is 11.3 Å². The normalized spacial score (nSPS) is 9.90. The first-order valence-electron chi connectivity index (χ1n) is 5.90. The van der Waals surface area contributed by atoms with Crippen LogP contribution in [0.5, 0.6) is 5.75 Å². The van der Waals surface area contributed by atoms with Gasteiger partial charge >= 0.3 is 0 Å². The number of hydrogen-bond acceptors (Lipinski definition) is 3. The van der Waals surface area contributed by atoms with Gasteiger partial charge in [-0.2, -0.15) is 5.26 Å². The van der Waals surface area contributed by atoms with Crippen molar-refractivity contribution in [3.05, 3.63) is 57.0 Å². The van der Waals surface area contributed by atoms with E-state index in [1.807, 2.05) is 18.2 Å². The van der Waals surface area contributed by atoms with Crippen LogP contribution >= 0.6 is 27.5 Å². The minimum atomic E-state index is 0.539. The molecule has 0 radical (unpaired) electrons. The van der Waals surface area contributed by atoms with Gasteiger partial charge in [0.15, 0.2) is 0 Å². The van der Waals surface area contributed by atoms with Crippen molar-refractivity contribution in [1.82, 2.24) is 0 Å². The molecule has 102 valence electrons. The second-order valence-electron chi connectivity index (χ2n) is 4.13. The first kappa shape index (κ1) is 14.7. The number of nitriles is 1. The number of halogens is 2. The van der Waals surface area contributed by atoms with Crippen molar-refractivity contribution in [1.29, 1.82) is 5.26 Å². The standard InChI is InChI=1S/C15H12BrClN2O/c1-20-15-5-3-11(6-12(15)16)9-19-14-4-2-10(8-18)7-13(14)17/h2-7,19H,9H2,1H3. The van der Waals surface area contributed by atoms with Crippen LogP contribution in [0.4, 0.5) is 5.69 Å². The van der Waals surface area contributed by atoms with Crippen LogP contribution in [0.1, 0.15) is 11.1 Å². The lowest BCUT2D eigenvalue weighted by molar-refractivity contribution is 0.412. The Hall–Kier alpha value is -1.70. The van der Waals surface area contributed by atoms with Crippen LogP contribution < -0.4 is 10.1 Å². The summed E-state index contributed by atoms with van der Waals surface area (Å²) in [7, 11) is 1.63. The number of benzene rings is 2. The van der Waals surface area contributed by atoms with Gasteiger partial charge in [-0.25, -0.2) is 0 Å². The third kappa shape index (κ3) is 3.44. The molecule has 20 heavy (non-hydrogen) atoms. The number of rotatable bonds is 4. The number of nitrogens with one attached hydrogen (secondary N) is 1. The molecule has 0 fully saturated rings. The molecule has 0 unspecified atom stereocenters. The molecule has 0 aliphatic carbocycles. The average molecular weight is 352 g/mol. The van der Waals surface area contributed by atoms with Crippen molar-refractivity contribution in [2.75, 3.05) is 12.4 Å². The van der Waals surface area contributed by atoms with E-state index in [0.29, 0.717) is 17.1 Å². The summed E-state index contributed by atoms with van der Waals surface area (Å²) in [5, 5.41) is 12.6. The van der Waals surface area contributed by atoms with Gasteiger partial charge in [-0.15, -0.1) is 0 Å². The molecule has 0 spiro atoms. The zero-order valence-electron chi connectivity index (χ0n) is 10.8. The first-order chi connectivity index (χ1) is 9.63. The van der Waals surface area contributed by atoms with Crippen molar-refractivity contribution >= 4 is 33.2 Å². The molecule has 5 heteroatoms. The fourth-order valence-electron chi connectivity index (χ4n) is 1.75. The van der Waals surface area contributed by atoms with Crippen molar-refractivity contribution < 1.29 is 4.74 Å². The highest BCUT2D eigenvalue weighted by Crippen LogP contribution is 2.27. The zero-order valence-corrected chi connectivity index (χ0v) is 13.1. The van der Waals surface area contributed by atoms with Gasteiger partial charge in [-0.1, -0.05) is 17.7 Å². The summed E-state index contributed by atoms with van der Waals surface area (Å²) in [5.41, 5.74) is 2.45. The molecule has 0 saturated heterocycles. The molecule has 1 N–H and O–H groups in total. The maximum Gasteiger partial charge on any atom is 0.133 e. The quantitative estimate of drug-likeness (QED) is 0.876. The predicted octanol–water partition coefficient (Wildman–Crippen LogP) is 4.59. The van der Waals surface area contributed by atoms with Crippen molar-refractivity contribution in [3.8, 4) is 11.8 Å². The van der Waals surface area contributed by atoms with Gasteiger partial charge < -0.3 is 10.1 Å². The van der Waals surface area contributed by atoms with Crippen LogP contribution in [0.25, 0.3) is 0 Å². The molecule has 0 aliphatic heterocycles. The van der Waals surface area contributed by atoms with Crippen LogP contribution in [0.15, 0.2) is 40.9 Å². The third-order valence-electron chi connectivity index (χ3n) is 2.80. The number of nitrogens with zero attached hydrogens (tertiary/aromatic N) is 1. The SMILES string of the molecule is COc1ccc(CNc2ccc(C#N)cc2Cl)cc1Br. The Kier molecular flexibility index (Phi) is 4.89. The predicted molar refractivity (Wildman–Crippen MR) is 84.2 cm³/mol. The van der Waals surface area contributed by atoms with Gasteiger partial charge in [-0.05, 0) is 51.8 Å². The van der Waals surface area contributed by atoms with Crippen LogP contribution in [-0.4, -0.2) is 7.11 Å². The Morgan fingerprint density at radius 1 is 1.30 bits per heavy atom. The number of methoxy groups -OCH3 is 1. The number of hydrogen-bond donors (Lipinski definition) is 1. The first-order valence-corrected chi connectivity index (χ1v) is 7.07. The second kappa shape index (κ2) is 6.65. The van der Waals surface area contributed by atoms with E-state index in [-0.39, 0.29) is 0 Å². The van der Waals surface area contributed by atoms with Gasteiger partial charge in [0, 0.05) is 6.54 Å². The summed E-state index contributed by atoms with van der Waals surface area (Å²) in [6.07, 6.45) is 0. The van der Waals surface area contributed by atoms with Gasteiger partial charge in [0.05, 0.1) is 33.9 Å². The van der Waals surface area contributed by atoms with E-state index >= 15 is 0 Å². The van der Waals surface area contributed by atoms with E-state index in [2.05, 4.69) is 27.3 Å². The van der Waals surface area contributed by atoms with Crippen molar-refractivity contribution in [2.45, 2.75) is 6.54 Å². The molecule has 0 atom stereocenters. The van der Waals surface area contributed by atoms with Crippen LogP contribution in [-0.2, 0) is 6.54 Å². The highest BCUT2D eigenvalue weighted by molar-refractivity contribution is 9.10. The molecule has 0 amide bonds. The Morgan fingerprint density at radius 2 is 2.10 bits per heavy atom. The van der Waals surface area contributed by atoms with Crippen LogP contribution in [0.3, 0.4) is 0 Å². The lowest BCUT2D eigenvalue weighted by Crippen LogP contribution is -2.00. The highest BCUT2D eigenvalue weighted by Gasteiger charge is 2.04. The third-order valence-corrected chi connectivity index (χ3v) is 3.73. The van der Waals surface area contributed by atoms with Crippen LogP contribution in [0.2, 0.25) is 5.02 Å². The summed E-state index contributed by atoms with van der Waals surface area (Å²) < 4.78 is 6.10. The van der Waals surface area contributed by atoms with E-state index in [1.54, 1.807) is 25.3 Å². The van der Waals surface area contributed by atoms with Gasteiger partial charge in [0.25, 0.3) is 0 Å². The van der Waals surface area contributed by atoms with Crippen molar-refractivity contribution in [3.63, 3.8) is 0 Å². The summed E-state index contributed by atoms with van der Waals surface area (Å²) in [5.74, 6) is 0.796. The molecule has 3 nitrogen and oxygen atoms in total. The molecule has 2 rings (SSSR count). The minimum absolute atomic E-state index is 0.539. The zero-order chi connectivity index (χ0) is 14.5. The Morgan fingerprint density at radius 3 is 2.70 bits per heavy atom. The smallest absolute Gasteiger partial charge is 0.133 e. The molecule has 0 aromatic heterocycles. The van der Waals surface area contributed by atoms with Crippen molar-refractivity contribution in [2.24, 2.45) is 0 Å².